The van der Waals surface area contributed by atoms with Crippen molar-refractivity contribution in [3.63, 3.8) is 0 Å². The van der Waals surface area contributed by atoms with Crippen LogP contribution in [0.25, 0.3) is 11.3 Å². The highest BCUT2D eigenvalue weighted by Crippen LogP contribution is 2.33. The van der Waals surface area contributed by atoms with E-state index in [0.29, 0.717) is 11.3 Å². The molecule has 1 aromatic carbocycles. The number of hydrogen-bond donors (Lipinski definition) is 1. The lowest BCUT2D eigenvalue weighted by molar-refractivity contribution is 0.0606. The van der Waals surface area contributed by atoms with Gasteiger partial charge in [-0.25, -0.2) is 0 Å². The van der Waals surface area contributed by atoms with Gasteiger partial charge in [-0.3, -0.25) is 14.6 Å². The molecule has 0 aliphatic carbocycles. The minimum Gasteiger partial charge on any atom is -0.497 e. The minimum atomic E-state index is -0.0167. The highest BCUT2D eigenvalue weighted by atomic mass is 16.5. The Bertz CT molecular complexity index is 945. The number of aromatic nitrogens is 4. The molecule has 0 saturated carbocycles. The summed E-state index contributed by atoms with van der Waals surface area (Å²) in [7, 11) is 3.53. The number of nitrogens with one attached hydrogen (secondary N) is 1. The highest BCUT2D eigenvalue weighted by Gasteiger charge is 2.32. The first-order valence-corrected chi connectivity index (χ1v) is 9.15. The van der Waals surface area contributed by atoms with Gasteiger partial charge in [-0.2, -0.15) is 10.2 Å². The summed E-state index contributed by atoms with van der Waals surface area (Å²) in [6, 6.07) is 9.62. The second kappa shape index (κ2) is 7.26. The molecule has 3 aromatic rings. The number of H-pyrrole nitrogens is 1. The Morgan fingerprint density at radius 2 is 2.19 bits per heavy atom. The molecule has 1 aliphatic rings. The van der Waals surface area contributed by atoms with E-state index >= 15 is 0 Å². The smallest absolute Gasteiger partial charge is 0.258 e. The van der Waals surface area contributed by atoms with Crippen LogP contribution in [0.5, 0.6) is 5.75 Å². The molecular formula is C20H23N5O2. The molecule has 3 heterocycles. The van der Waals surface area contributed by atoms with Gasteiger partial charge in [-0.05, 0) is 37.5 Å². The number of hydrogen-bond acceptors (Lipinski definition) is 4. The van der Waals surface area contributed by atoms with E-state index in [1.807, 2.05) is 48.5 Å². The van der Waals surface area contributed by atoms with E-state index in [1.165, 1.54) is 0 Å². The van der Waals surface area contributed by atoms with Gasteiger partial charge < -0.3 is 9.64 Å². The Hall–Kier alpha value is -3.09. The zero-order valence-corrected chi connectivity index (χ0v) is 15.6. The molecule has 7 heteroatoms. The van der Waals surface area contributed by atoms with Crippen LogP contribution in [0.4, 0.5) is 0 Å². The molecule has 0 radical (unpaired) electrons. The van der Waals surface area contributed by atoms with Crippen molar-refractivity contribution in [2.24, 2.45) is 7.05 Å². The number of aromatic amines is 1. The van der Waals surface area contributed by atoms with Crippen molar-refractivity contribution < 1.29 is 9.53 Å². The molecule has 0 spiro atoms. The lowest BCUT2D eigenvalue weighted by Gasteiger charge is -2.34. The molecule has 1 saturated heterocycles. The first-order valence-electron chi connectivity index (χ1n) is 9.15. The quantitative estimate of drug-likeness (QED) is 0.770. The molecule has 1 atom stereocenters. The lowest BCUT2D eigenvalue weighted by atomic mass is 9.97. The van der Waals surface area contributed by atoms with Gasteiger partial charge in [0.1, 0.15) is 5.75 Å². The fourth-order valence-corrected chi connectivity index (χ4v) is 3.69. The maximum Gasteiger partial charge on any atom is 0.258 e. The topological polar surface area (TPSA) is 76.0 Å². The average molecular weight is 365 g/mol. The zero-order valence-electron chi connectivity index (χ0n) is 15.6. The summed E-state index contributed by atoms with van der Waals surface area (Å²) in [6.07, 6.45) is 6.56. The van der Waals surface area contributed by atoms with E-state index < -0.39 is 0 Å². The van der Waals surface area contributed by atoms with E-state index in [4.69, 9.17) is 4.74 Å². The van der Waals surface area contributed by atoms with Gasteiger partial charge in [0.2, 0.25) is 0 Å². The monoisotopic (exact) mass is 365 g/mol. The fourth-order valence-electron chi connectivity index (χ4n) is 3.69. The minimum absolute atomic E-state index is 0.000472. The lowest BCUT2D eigenvalue weighted by Crippen LogP contribution is -2.38. The number of benzene rings is 1. The Morgan fingerprint density at radius 3 is 2.96 bits per heavy atom. The van der Waals surface area contributed by atoms with Crippen molar-refractivity contribution in [2.45, 2.75) is 25.3 Å². The number of ether oxygens (including phenoxy) is 1. The third-order valence-electron chi connectivity index (χ3n) is 5.07. The van der Waals surface area contributed by atoms with Crippen LogP contribution in [-0.2, 0) is 7.05 Å². The molecule has 7 nitrogen and oxygen atoms in total. The largest absolute Gasteiger partial charge is 0.497 e. The maximum atomic E-state index is 13.4. The first-order chi connectivity index (χ1) is 13.2. The number of rotatable bonds is 4. The SMILES string of the molecule is COc1cccc(-c2[nH]ncc2C(=O)N2CCCC[C@@H]2c2ccn(C)n2)c1. The number of carbonyl (C=O) groups is 1. The number of likely N-dealkylation sites (tertiary alicyclic amines) is 1. The number of nitrogens with zero attached hydrogens (tertiary/aromatic N) is 4. The van der Waals surface area contributed by atoms with Crippen LogP contribution in [0.3, 0.4) is 0 Å². The van der Waals surface area contributed by atoms with Gasteiger partial charge in [0.25, 0.3) is 5.91 Å². The van der Waals surface area contributed by atoms with Crippen molar-refractivity contribution in [2.75, 3.05) is 13.7 Å². The number of carbonyl (C=O) groups excluding carboxylic acids is 1. The van der Waals surface area contributed by atoms with Crippen LogP contribution in [0.15, 0.2) is 42.7 Å². The second-order valence-corrected chi connectivity index (χ2v) is 6.82. The summed E-state index contributed by atoms with van der Waals surface area (Å²) >= 11 is 0. The third-order valence-corrected chi connectivity index (χ3v) is 5.07. The molecule has 140 valence electrons. The number of piperidine rings is 1. The number of amides is 1. The van der Waals surface area contributed by atoms with Crippen molar-refractivity contribution >= 4 is 5.91 Å². The van der Waals surface area contributed by atoms with Gasteiger partial charge in [-0.1, -0.05) is 12.1 Å². The molecule has 2 aromatic heterocycles. The molecule has 1 amide bonds. The van der Waals surface area contributed by atoms with Crippen LogP contribution in [0, 0.1) is 0 Å². The van der Waals surface area contributed by atoms with Crippen molar-refractivity contribution in [1.82, 2.24) is 24.9 Å². The molecule has 1 N–H and O–H groups in total. The van der Waals surface area contributed by atoms with Gasteiger partial charge in [0.05, 0.1) is 36.3 Å². The van der Waals surface area contributed by atoms with Gasteiger partial charge >= 0.3 is 0 Å². The maximum absolute atomic E-state index is 13.4. The van der Waals surface area contributed by atoms with Crippen molar-refractivity contribution in [1.29, 1.82) is 0 Å². The fraction of sp³-hybridized carbons (Fsp3) is 0.350. The second-order valence-electron chi connectivity index (χ2n) is 6.82. The van der Waals surface area contributed by atoms with Gasteiger partial charge in [0, 0.05) is 25.4 Å². The molecule has 4 rings (SSSR count). The molecule has 27 heavy (non-hydrogen) atoms. The van der Waals surface area contributed by atoms with Crippen LogP contribution in [-0.4, -0.2) is 44.4 Å². The first kappa shape index (κ1) is 17.3. The summed E-state index contributed by atoms with van der Waals surface area (Å²) in [6.45, 7) is 0.725. The normalized spacial score (nSPS) is 17.1. The Morgan fingerprint density at radius 1 is 1.30 bits per heavy atom. The zero-order chi connectivity index (χ0) is 18.8. The van der Waals surface area contributed by atoms with Gasteiger partial charge in [0.15, 0.2) is 0 Å². The van der Waals surface area contributed by atoms with Gasteiger partial charge in [-0.15, -0.1) is 0 Å². The molecule has 1 fully saturated rings. The Balaban J connectivity index is 1.67. The summed E-state index contributed by atoms with van der Waals surface area (Å²) < 4.78 is 7.09. The number of methoxy groups -OCH3 is 1. The van der Waals surface area contributed by atoms with E-state index in [0.717, 1.165) is 42.8 Å². The summed E-state index contributed by atoms with van der Waals surface area (Å²) in [4.78, 5) is 15.3. The molecule has 0 unspecified atom stereocenters. The predicted octanol–water partition coefficient (Wildman–Crippen LogP) is 3.19. The number of aryl methyl sites for hydroxylation is 1. The van der Waals surface area contributed by atoms with E-state index in [1.54, 1.807) is 18.0 Å². The Kier molecular flexibility index (Phi) is 4.66. The predicted molar refractivity (Wildman–Crippen MR) is 101 cm³/mol. The third kappa shape index (κ3) is 3.32. The Labute approximate surface area is 157 Å². The van der Waals surface area contributed by atoms with Crippen molar-refractivity contribution in [3.05, 3.63) is 54.0 Å². The molecule has 1 aliphatic heterocycles. The summed E-state index contributed by atoms with van der Waals surface area (Å²) in [5, 5.41) is 11.7. The summed E-state index contributed by atoms with van der Waals surface area (Å²) in [5.41, 5.74) is 3.11. The highest BCUT2D eigenvalue weighted by molar-refractivity contribution is 6.00. The van der Waals surface area contributed by atoms with E-state index in [9.17, 15) is 4.79 Å². The van der Waals surface area contributed by atoms with E-state index in [-0.39, 0.29) is 11.9 Å². The molecule has 0 bridgehead atoms. The van der Waals surface area contributed by atoms with Crippen LogP contribution in [0.1, 0.15) is 41.4 Å². The van der Waals surface area contributed by atoms with Crippen molar-refractivity contribution in [3.8, 4) is 17.0 Å². The van der Waals surface area contributed by atoms with E-state index in [2.05, 4.69) is 15.3 Å². The molecular weight excluding hydrogens is 342 g/mol. The standard InChI is InChI=1S/C20H23N5O2/c1-24-11-9-17(23-24)18-8-3-4-10-25(18)20(26)16-13-21-22-19(16)14-6-5-7-15(12-14)27-2/h5-7,9,11-13,18H,3-4,8,10H2,1-2H3,(H,21,22)/t18-/m1/s1. The van der Waals surface area contributed by atoms with Crippen LogP contribution < -0.4 is 4.74 Å². The average Bonchev–Trinajstić information content (AvgIpc) is 3.36. The van der Waals surface area contributed by atoms with Crippen LogP contribution >= 0.6 is 0 Å². The summed E-state index contributed by atoms with van der Waals surface area (Å²) in [5.74, 6) is 0.724. The van der Waals surface area contributed by atoms with Crippen LogP contribution in [0.2, 0.25) is 0 Å².